The van der Waals surface area contributed by atoms with Gasteiger partial charge in [-0.25, -0.2) is 0 Å². The molecule has 21 heavy (non-hydrogen) atoms. The fourth-order valence-corrected chi connectivity index (χ4v) is 3.55. The standard InChI is InChI=1S/C16H26N2O3/c1-2-20-16-11-18(10-15(16)19)9-13-8-14(17-21-13)12-6-4-3-5-7-12/h8,12,15-16,19H,2-7,9-11H2,1H3/t15-,16-/m1/s1. The van der Waals surface area contributed by atoms with Crippen molar-refractivity contribution in [1.29, 1.82) is 0 Å². The van der Waals surface area contributed by atoms with Crippen LogP contribution in [0.15, 0.2) is 10.6 Å². The van der Waals surface area contributed by atoms with Crippen LogP contribution in [0.4, 0.5) is 0 Å². The minimum absolute atomic E-state index is 0.0734. The van der Waals surface area contributed by atoms with Crippen molar-refractivity contribution in [2.45, 2.75) is 63.7 Å². The summed E-state index contributed by atoms with van der Waals surface area (Å²) in [5, 5.41) is 14.2. The van der Waals surface area contributed by atoms with E-state index in [0.29, 0.717) is 25.6 Å². The summed E-state index contributed by atoms with van der Waals surface area (Å²) in [6.07, 6.45) is 5.97. The highest BCUT2D eigenvalue weighted by Crippen LogP contribution is 2.32. The average molecular weight is 294 g/mol. The van der Waals surface area contributed by atoms with Crippen molar-refractivity contribution in [2.24, 2.45) is 0 Å². The number of β-amino-alcohol motifs (C(OH)–C–C–N with tert-alkyl or cyclic N) is 1. The van der Waals surface area contributed by atoms with Crippen LogP contribution in [-0.2, 0) is 11.3 Å². The van der Waals surface area contributed by atoms with Crippen molar-refractivity contribution in [3.8, 4) is 0 Å². The summed E-state index contributed by atoms with van der Waals surface area (Å²) >= 11 is 0. The van der Waals surface area contributed by atoms with Gasteiger partial charge in [0.25, 0.3) is 0 Å². The first kappa shape index (κ1) is 15.0. The van der Waals surface area contributed by atoms with Gasteiger partial charge in [-0.15, -0.1) is 0 Å². The van der Waals surface area contributed by atoms with Gasteiger partial charge in [-0.05, 0) is 19.8 Å². The smallest absolute Gasteiger partial charge is 0.150 e. The first-order valence-electron chi connectivity index (χ1n) is 8.23. The molecule has 0 amide bonds. The molecule has 0 aromatic carbocycles. The number of aromatic nitrogens is 1. The van der Waals surface area contributed by atoms with Crippen LogP contribution in [0.3, 0.4) is 0 Å². The van der Waals surface area contributed by atoms with Crippen LogP contribution in [0.25, 0.3) is 0 Å². The highest BCUT2D eigenvalue weighted by atomic mass is 16.5. The van der Waals surface area contributed by atoms with Crippen molar-refractivity contribution in [1.82, 2.24) is 10.1 Å². The molecule has 1 saturated carbocycles. The highest BCUT2D eigenvalue weighted by Gasteiger charge is 2.32. The van der Waals surface area contributed by atoms with Crippen LogP contribution >= 0.6 is 0 Å². The predicted octanol–water partition coefficient (Wildman–Crippen LogP) is 2.30. The van der Waals surface area contributed by atoms with Gasteiger partial charge in [0.2, 0.25) is 0 Å². The Balaban J connectivity index is 1.55. The van der Waals surface area contributed by atoms with Crippen LogP contribution < -0.4 is 0 Å². The first-order valence-corrected chi connectivity index (χ1v) is 8.23. The number of hydrogen-bond acceptors (Lipinski definition) is 5. The third kappa shape index (κ3) is 3.65. The zero-order chi connectivity index (χ0) is 14.7. The summed E-state index contributed by atoms with van der Waals surface area (Å²) in [5.41, 5.74) is 1.12. The molecule has 1 saturated heterocycles. The van der Waals surface area contributed by atoms with Crippen molar-refractivity contribution in [3.63, 3.8) is 0 Å². The Morgan fingerprint density at radius 3 is 2.90 bits per heavy atom. The number of aliphatic hydroxyl groups excluding tert-OH is 1. The molecule has 1 aromatic heterocycles. The van der Waals surface area contributed by atoms with Gasteiger partial charge in [-0.2, -0.15) is 0 Å². The molecular weight excluding hydrogens is 268 g/mol. The van der Waals surface area contributed by atoms with E-state index in [9.17, 15) is 5.11 Å². The maximum absolute atomic E-state index is 9.96. The molecular formula is C16H26N2O3. The fourth-order valence-electron chi connectivity index (χ4n) is 3.55. The van der Waals surface area contributed by atoms with Crippen molar-refractivity contribution < 1.29 is 14.4 Å². The molecule has 5 heteroatoms. The Hall–Kier alpha value is -0.910. The van der Waals surface area contributed by atoms with Gasteiger partial charge in [0.05, 0.1) is 24.4 Å². The average Bonchev–Trinajstić information content (AvgIpc) is 3.08. The first-order chi connectivity index (χ1) is 10.3. The fraction of sp³-hybridized carbons (Fsp3) is 0.812. The maximum atomic E-state index is 9.96. The van der Waals surface area contributed by atoms with E-state index in [-0.39, 0.29) is 6.10 Å². The minimum atomic E-state index is -0.398. The number of hydrogen-bond donors (Lipinski definition) is 1. The lowest BCUT2D eigenvalue weighted by Crippen LogP contribution is -2.26. The topological polar surface area (TPSA) is 58.7 Å². The highest BCUT2D eigenvalue weighted by molar-refractivity contribution is 5.11. The second kappa shape index (κ2) is 6.90. The normalized spacial score (nSPS) is 28.3. The van der Waals surface area contributed by atoms with Gasteiger partial charge in [0.15, 0.2) is 5.76 Å². The van der Waals surface area contributed by atoms with E-state index >= 15 is 0 Å². The molecule has 1 aromatic rings. The Labute approximate surface area is 126 Å². The molecule has 2 atom stereocenters. The Morgan fingerprint density at radius 2 is 2.14 bits per heavy atom. The summed E-state index contributed by atoms with van der Waals surface area (Å²) in [4.78, 5) is 2.18. The molecule has 1 aliphatic carbocycles. The molecule has 3 rings (SSSR count). The molecule has 2 fully saturated rings. The summed E-state index contributed by atoms with van der Waals surface area (Å²) in [5.74, 6) is 1.48. The van der Waals surface area contributed by atoms with Crippen LogP contribution in [0.2, 0.25) is 0 Å². The molecule has 2 aliphatic rings. The van der Waals surface area contributed by atoms with Crippen molar-refractivity contribution >= 4 is 0 Å². The lowest BCUT2D eigenvalue weighted by Gasteiger charge is -2.18. The van der Waals surface area contributed by atoms with Gasteiger partial charge < -0.3 is 14.4 Å². The molecule has 118 valence electrons. The summed E-state index contributed by atoms with van der Waals surface area (Å²) in [6.45, 7) is 4.71. The predicted molar refractivity (Wildman–Crippen MR) is 79.0 cm³/mol. The monoisotopic (exact) mass is 294 g/mol. The van der Waals surface area contributed by atoms with Gasteiger partial charge in [-0.3, -0.25) is 4.90 Å². The molecule has 0 unspecified atom stereocenters. The number of ether oxygens (including phenoxy) is 1. The second-order valence-electron chi connectivity index (χ2n) is 6.31. The van der Waals surface area contributed by atoms with E-state index in [1.165, 1.54) is 32.1 Å². The molecule has 0 spiro atoms. The number of aliphatic hydroxyl groups is 1. The number of nitrogens with zero attached hydrogens (tertiary/aromatic N) is 2. The lowest BCUT2D eigenvalue weighted by atomic mass is 9.87. The van der Waals surface area contributed by atoms with E-state index in [1.807, 2.05) is 6.92 Å². The second-order valence-corrected chi connectivity index (χ2v) is 6.31. The zero-order valence-corrected chi connectivity index (χ0v) is 12.8. The largest absolute Gasteiger partial charge is 0.389 e. The summed E-state index contributed by atoms with van der Waals surface area (Å²) in [7, 11) is 0. The van der Waals surface area contributed by atoms with Crippen LogP contribution in [-0.4, -0.2) is 47.1 Å². The van der Waals surface area contributed by atoms with Crippen LogP contribution in [0.5, 0.6) is 0 Å². The molecule has 1 aliphatic heterocycles. The molecule has 1 N–H and O–H groups in total. The van der Waals surface area contributed by atoms with Gasteiger partial charge in [0, 0.05) is 31.7 Å². The number of likely N-dealkylation sites (tertiary alicyclic amines) is 1. The van der Waals surface area contributed by atoms with E-state index in [4.69, 9.17) is 9.26 Å². The Kier molecular flexibility index (Phi) is 4.93. The van der Waals surface area contributed by atoms with E-state index in [0.717, 1.165) is 18.0 Å². The van der Waals surface area contributed by atoms with Crippen LogP contribution in [0.1, 0.15) is 56.4 Å². The van der Waals surface area contributed by atoms with E-state index < -0.39 is 6.10 Å². The van der Waals surface area contributed by atoms with E-state index in [1.54, 1.807) is 0 Å². The lowest BCUT2D eigenvalue weighted by molar-refractivity contribution is -0.00247. The maximum Gasteiger partial charge on any atom is 0.150 e. The van der Waals surface area contributed by atoms with Crippen LogP contribution in [0, 0.1) is 0 Å². The van der Waals surface area contributed by atoms with E-state index in [2.05, 4.69) is 16.1 Å². The summed E-state index contributed by atoms with van der Waals surface area (Å²) < 4.78 is 11.0. The SMILES string of the molecule is CCO[C@@H]1CN(Cc2cc(C3CCCCC3)no2)C[C@H]1O. The molecule has 2 heterocycles. The Morgan fingerprint density at radius 1 is 1.33 bits per heavy atom. The molecule has 0 bridgehead atoms. The molecule has 0 radical (unpaired) electrons. The quantitative estimate of drug-likeness (QED) is 0.903. The van der Waals surface area contributed by atoms with Gasteiger partial charge in [-0.1, -0.05) is 24.4 Å². The van der Waals surface area contributed by atoms with Gasteiger partial charge in [0.1, 0.15) is 0 Å². The number of rotatable bonds is 5. The zero-order valence-electron chi connectivity index (χ0n) is 12.8. The minimum Gasteiger partial charge on any atom is -0.389 e. The molecule has 5 nitrogen and oxygen atoms in total. The van der Waals surface area contributed by atoms with Crippen molar-refractivity contribution in [2.75, 3.05) is 19.7 Å². The third-order valence-corrected chi connectivity index (χ3v) is 4.67. The summed E-state index contributed by atoms with van der Waals surface area (Å²) in [6, 6.07) is 2.11. The van der Waals surface area contributed by atoms with Crippen molar-refractivity contribution in [3.05, 3.63) is 17.5 Å². The third-order valence-electron chi connectivity index (χ3n) is 4.67. The Bertz CT molecular complexity index is 442. The van der Waals surface area contributed by atoms with Gasteiger partial charge >= 0.3 is 0 Å².